The lowest BCUT2D eigenvalue weighted by molar-refractivity contribution is -0.119. The first-order chi connectivity index (χ1) is 11.7. The number of nitrogens with one attached hydrogen (secondary N) is 1. The Bertz CT molecular complexity index is 815. The molecule has 8 heteroatoms. The molecular weight excluding hydrogens is 406 g/mol. The number of anilines is 1. The molecule has 1 aromatic carbocycles. The SMILES string of the molecule is CC(C)(C)OC(=O)N1CC[C@H](C(=O)Nc2nc3cc(Br)ccc3s2)C1. The molecule has 1 aromatic heterocycles. The fourth-order valence-electron chi connectivity index (χ4n) is 2.63. The summed E-state index contributed by atoms with van der Waals surface area (Å²) in [5.41, 5.74) is 0.309. The first kappa shape index (κ1) is 18.1. The normalized spacial score (nSPS) is 17.8. The number of amides is 2. The molecule has 6 nitrogen and oxygen atoms in total. The molecule has 1 atom stereocenters. The minimum absolute atomic E-state index is 0.107. The minimum Gasteiger partial charge on any atom is -0.444 e. The van der Waals surface area contributed by atoms with Crippen LogP contribution in [0.5, 0.6) is 0 Å². The summed E-state index contributed by atoms with van der Waals surface area (Å²) in [6.07, 6.45) is 0.259. The van der Waals surface area contributed by atoms with Crippen LogP contribution in [0.15, 0.2) is 22.7 Å². The lowest BCUT2D eigenvalue weighted by Gasteiger charge is -2.24. The van der Waals surface area contributed by atoms with E-state index in [-0.39, 0.29) is 17.9 Å². The van der Waals surface area contributed by atoms with Crippen LogP contribution in [-0.4, -0.2) is 40.6 Å². The fraction of sp³-hybridized carbons (Fsp3) is 0.471. The van der Waals surface area contributed by atoms with Gasteiger partial charge in [0.05, 0.1) is 16.1 Å². The molecule has 0 aliphatic carbocycles. The van der Waals surface area contributed by atoms with Gasteiger partial charge in [0.25, 0.3) is 0 Å². The van der Waals surface area contributed by atoms with Crippen molar-refractivity contribution in [2.75, 3.05) is 18.4 Å². The van der Waals surface area contributed by atoms with Crippen molar-refractivity contribution in [3.8, 4) is 0 Å². The number of carbonyl (C=O) groups excluding carboxylic acids is 2. The van der Waals surface area contributed by atoms with Crippen LogP contribution < -0.4 is 5.32 Å². The third-order valence-corrected chi connectivity index (χ3v) is 5.24. The van der Waals surface area contributed by atoms with Gasteiger partial charge in [0.2, 0.25) is 5.91 Å². The van der Waals surface area contributed by atoms with Crippen molar-refractivity contribution in [1.29, 1.82) is 0 Å². The second-order valence-corrected chi connectivity index (χ2v) is 8.98. The van der Waals surface area contributed by atoms with Crippen LogP contribution in [0.2, 0.25) is 0 Å². The number of carbonyl (C=O) groups is 2. The number of thiazole rings is 1. The summed E-state index contributed by atoms with van der Waals surface area (Å²) in [6.45, 7) is 6.39. The zero-order valence-corrected chi connectivity index (χ0v) is 16.7. The van der Waals surface area contributed by atoms with E-state index in [4.69, 9.17) is 4.74 Å². The standard InChI is InChI=1S/C17H20BrN3O3S/c1-17(2,3)24-16(23)21-7-6-10(9-21)14(22)20-15-19-12-8-11(18)4-5-13(12)25-15/h4-5,8,10H,6-7,9H2,1-3H3,(H,19,20,22)/t10-/m0/s1. The van der Waals surface area contributed by atoms with Crippen molar-refractivity contribution >= 4 is 54.6 Å². The number of benzene rings is 1. The quantitative estimate of drug-likeness (QED) is 0.779. The summed E-state index contributed by atoms with van der Waals surface area (Å²) in [5.74, 6) is -0.351. The number of nitrogens with zero attached hydrogens (tertiary/aromatic N) is 2. The van der Waals surface area contributed by atoms with Crippen LogP contribution in [-0.2, 0) is 9.53 Å². The van der Waals surface area contributed by atoms with Crippen LogP contribution in [0.25, 0.3) is 10.2 Å². The molecule has 2 heterocycles. The Hall–Kier alpha value is -1.67. The van der Waals surface area contributed by atoms with Crippen LogP contribution in [0.4, 0.5) is 9.93 Å². The first-order valence-corrected chi connectivity index (χ1v) is 9.67. The van der Waals surface area contributed by atoms with Crippen LogP contribution in [0, 0.1) is 5.92 Å². The number of likely N-dealkylation sites (tertiary alicyclic amines) is 1. The van der Waals surface area contributed by atoms with E-state index in [9.17, 15) is 9.59 Å². The van der Waals surface area contributed by atoms with E-state index in [0.717, 1.165) is 14.7 Å². The highest BCUT2D eigenvalue weighted by Crippen LogP contribution is 2.29. The Labute approximate surface area is 158 Å². The largest absolute Gasteiger partial charge is 0.444 e. The molecule has 0 unspecified atom stereocenters. The summed E-state index contributed by atoms with van der Waals surface area (Å²) < 4.78 is 7.32. The van der Waals surface area contributed by atoms with E-state index in [2.05, 4.69) is 26.2 Å². The van der Waals surface area contributed by atoms with Crippen molar-refractivity contribution < 1.29 is 14.3 Å². The van der Waals surface area contributed by atoms with E-state index in [1.54, 1.807) is 4.90 Å². The number of hydrogen-bond acceptors (Lipinski definition) is 5. The fourth-order valence-corrected chi connectivity index (χ4v) is 3.83. The maximum Gasteiger partial charge on any atom is 0.410 e. The maximum atomic E-state index is 12.5. The van der Waals surface area contributed by atoms with Crippen molar-refractivity contribution in [2.24, 2.45) is 5.92 Å². The molecule has 2 aromatic rings. The van der Waals surface area contributed by atoms with Gasteiger partial charge >= 0.3 is 6.09 Å². The van der Waals surface area contributed by atoms with Gasteiger partial charge < -0.3 is 15.0 Å². The highest BCUT2D eigenvalue weighted by Gasteiger charge is 2.33. The van der Waals surface area contributed by atoms with Gasteiger partial charge in [0, 0.05) is 17.6 Å². The van der Waals surface area contributed by atoms with Gasteiger partial charge in [0.15, 0.2) is 5.13 Å². The molecule has 0 radical (unpaired) electrons. The average Bonchev–Trinajstić information content (AvgIpc) is 3.11. The number of hydrogen-bond donors (Lipinski definition) is 1. The van der Waals surface area contributed by atoms with Gasteiger partial charge in [0.1, 0.15) is 5.60 Å². The molecule has 1 saturated heterocycles. The van der Waals surface area contributed by atoms with E-state index < -0.39 is 5.60 Å². The second-order valence-electron chi connectivity index (χ2n) is 7.03. The lowest BCUT2D eigenvalue weighted by atomic mass is 10.1. The highest BCUT2D eigenvalue weighted by molar-refractivity contribution is 9.10. The topological polar surface area (TPSA) is 71.5 Å². The Morgan fingerprint density at radius 3 is 2.88 bits per heavy atom. The number of aromatic nitrogens is 1. The van der Waals surface area contributed by atoms with Crippen molar-refractivity contribution in [2.45, 2.75) is 32.8 Å². The molecule has 1 aliphatic rings. The minimum atomic E-state index is -0.535. The van der Waals surface area contributed by atoms with Crippen molar-refractivity contribution in [3.63, 3.8) is 0 Å². The smallest absolute Gasteiger partial charge is 0.410 e. The van der Waals surface area contributed by atoms with E-state index >= 15 is 0 Å². The van der Waals surface area contributed by atoms with Gasteiger partial charge in [-0.3, -0.25) is 4.79 Å². The third kappa shape index (κ3) is 4.49. The molecular formula is C17H20BrN3O3S. The summed E-state index contributed by atoms with van der Waals surface area (Å²) in [7, 11) is 0. The predicted octanol–water partition coefficient (Wildman–Crippen LogP) is 4.25. The van der Waals surface area contributed by atoms with E-state index in [0.29, 0.717) is 24.6 Å². The second kappa shape index (κ2) is 6.92. The third-order valence-electron chi connectivity index (χ3n) is 3.79. The molecule has 25 heavy (non-hydrogen) atoms. The Morgan fingerprint density at radius 1 is 1.40 bits per heavy atom. The lowest BCUT2D eigenvalue weighted by Crippen LogP contribution is -2.36. The molecule has 2 amide bonds. The molecule has 0 saturated carbocycles. The summed E-state index contributed by atoms with van der Waals surface area (Å²) >= 11 is 4.85. The van der Waals surface area contributed by atoms with Crippen molar-refractivity contribution in [1.82, 2.24) is 9.88 Å². The molecule has 0 bridgehead atoms. The highest BCUT2D eigenvalue weighted by atomic mass is 79.9. The average molecular weight is 426 g/mol. The maximum absolute atomic E-state index is 12.5. The molecule has 1 aliphatic heterocycles. The number of halogens is 1. The number of rotatable bonds is 2. The Balaban J connectivity index is 1.61. The molecule has 3 rings (SSSR count). The van der Waals surface area contributed by atoms with E-state index in [1.165, 1.54) is 11.3 Å². The molecule has 0 spiro atoms. The first-order valence-electron chi connectivity index (χ1n) is 8.06. The van der Waals surface area contributed by atoms with Gasteiger partial charge in [-0.25, -0.2) is 9.78 Å². The van der Waals surface area contributed by atoms with Crippen LogP contribution >= 0.6 is 27.3 Å². The Morgan fingerprint density at radius 2 is 2.16 bits per heavy atom. The van der Waals surface area contributed by atoms with Crippen LogP contribution in [0.3, 0.4) is 0 Å². The van der Waals surface area contributed by atoms with Gasteiger partial charge in [-0.15, -0.1) is 0 Å². The summed E-state index contributed by atoms with van der Waals surface area (Å²) in [6, 6.07) is 5.83. The van der Waals surface area contributed by atoms with Gasteiger partial charge in [-0.1, -0.05) is 27.3 Å². The number of fused-ring (bicyclic) bond motifs is 1. The predicted molar refractivity (Wildman–Crippen MR) is 102 cm³/mol. The van der Waals surface area contributed by atoms with Crippen molar-refractivity contribution in [3.05, 3.63) is 22.7 Å². The monoisotopic (exact) mass is 425 g/mol. The zero-order valence-electron chi connectivity index (χ0n) is 14.3. The molecule has 1 N–H and O–H groups in total. The molecule has 134 valence electrons. The Kier molecular flexibility index (Phi) is 5.02. The summed E-state index contributed by atoms with van der Waals surface area (Å²) in [5, 5.41) is 3.45. The number of ether oxygens (including phenoxy) is 1. The van der Waals surface area contributed by atoms with Gasteiger partial charge in [-0.2, -0.15) is 0 Å². The summed E-state index contributed by atoms with van der Waals surface area (Å²) in [4.78, 5) is 30.6. The molecule has 1 fully saturated rings. The van der Waals surface area contributed by atoms with Gasteiger partial charge in [-0.05, 0) is 45.4 Å². The van der Waals surface area contributed by atoms with Crippen LogP contribution in [0.1, 0.15) is 27.2 Å². The zero-order chi connectivity index (χ0) is 18.2. The van der Waals surface area contributed by atoms with E-state index in [1.807, 2.05) is 39.0 Å².